The van der Waals surface area contributed by atoms with Gasteiger partial charge in [-0.1, -0.05) is 12.1 Å². The van der Waals surface area contributed by atoms with Gasteiger partial charge in [-0.2, -0.15) is 0 Å². The van der Waals surface area contributed by atoms with E-state index in [1.165, 1.54) is 11.3 Å². The number of nitrogens with one attached hydrogen (secondary N) is 1. The molecule has 2 saturated heterocycles. The van der Waals surface area contributed by atoms with Crippen molar-refractivity contribution < 1.29 is 4.79 Å². The molecule has 3 heterocycles. The number of hydrogen-bond donors (Lipinski definition) is 1. The molecule has 2 aromatic rings. The molecular weight excluding hydrogens is 320 g/mol. The van der Waals surface area contributed by atoms with E-state index in [4.69, 9.17) is 0 Å². The third-order valence-corrected chi connectivity index (χ3v) is 5.57. The second kappa shape index (κ2) is 6.91. The summed E-state index contributed by atoms with van der Waals surface area (Å²) in [5.41, 5.74) is 5.39. The SMILES string of the molecule is O=C1CN(C2CCN(c3cccc(-c4cscn4)c3)CC2)CCN1. The molecule has 0 aliphatic carbocycles. The van der Waals surface area contributed by atoms with Gasteiger partial charge in [-0.3, -0.25) is 9.69 Å². The minimum absolute atomic E-state index is 0.166. The number of piperidine rings is 1. The molecule has 1 N–H and O–H groups in total. The van der Waals surface area contributed by atoms with Crippen LogP contribution in [-0.4, -0.2) is 54.6 Å². The maximum absolute atomic E-state index is 11.6. The van der Waals surface area contributed by atoms with Crippen molar-refractivity contribution in [2.75, 3.05) is 37.6 Å². The molecule has 4 rings (SSSR count). The predicted octanol–water partition coefficient (Wildman–Crippen LogP) is 2.21. The van der Waals surface area contributed by atoms with Crippen LogP contribution >= 0.6 is 11.3 Å². The van der Waals surface area contributed by atoms with Crippen LogP contribution in [0.15, 0.2) is 35.2 Å². The molecule has 126 valence electrons. The summed E-state index contributed by atoms with van der Waals surface area (Å²) in [6, 6.07) is 9.20. The average Bonchev–Trinajstić information content (AvgIpc) is 3.17. The molecule has 1 aromatic heterocycles. The summed E-state index contributed by atoms with van der Waals surface area (Å²) in [6.45, 7) is 4.42. The highest BCUT2D eigenvalue weighted by Crippen LogP contribution is 2.27. The number of nitrogens with zero attached hydrogens (tertiary/aromatic N) is 3. The Morgan fingerprint density at radius 3 is 2.83 bits per heavy atom. The third-order valence-electron chi connectivity index (χ3n) is 4.99. The largest absolute Gasteiger partial charge is 0.371 e. The molecule has 5 nitrogen and oxygen atoms in total. The first kappa shape index (κ1) is 15.6. The monoisotopic (exact) mass is 342 g/mol. The van der Waals surface area contributed by atoms with Gasteiger partial charge in [0, 0.05) is 48.9 Å². The Bertz CT molecular complexity index is 695. The quantitative estimate of drug-likeness (QED) is 0.929. The Morgan fingerprint density at radius 1 is 1.21 bits per heavy atom. The van der Waals surface area contributed by atoms with Crippen molar-refractivity contribution in [2.45, 2.75) is 18.9 Å². The van der Waals surface area contributed by atoms with E-state index >= 15 is 0 Å². The van der Waals surface area contributed by atoms with Crippen LogP contribution in [0, 0.1) is 0 Å². The number of anilines is 1. The maximum Gasteiger partial charge on any atom is 0.234 e. The zero-order chi connectivity index (χ0) is 16.4. The average molecular weight is 342 g/mol. The number of rotatable bonds is 3. The van der Waals surface area contributed by atoms with Crippen LogP contribution < -0.4 is 10.2 Å². The Hall–Kier alpha value is -1.92. The smallest absolute Gasteiger partial charge is 0.234 e. The summed E-state index contributed by atoms with van der Waals surface area (Å²) in [5.74, 6) is 0.166. The van der Waals surface area contributed by atoms with E-state index in [-0.39, 0.29) is 5.91 Å². The highest BCUT2D eigenvalue weighted by molar-refractivity contribution is 7.07. The van der Waals surface area contributed by atoms with Gasteiger partial charge in [-0.15, -0.1) is 11.3 Å². The fourth-order valence-electron chi connectivity index (χ4n) is 3.68. The van der Waals surface area contributed by atoms with Crippen LogP contribution in [0.3, 0.4) is 0 Å². The molecule has 2 fully saturated rings. The van der Waals surface area contributed by atoms with Crippen molar-refractivity contribution in [3.05, 3.63) is 35.2 Å². The molecule has 0 unspecified atom stereocenters. The second-order valence-electron chi connectivity index (χ2n) is 6.46. The lowest BCUT2D eigenvalue weighted by Crippen LogP contribution is -2.54. The standard InChI is InChI=1S/C18H22N4OS/c23-18-11-22(9-6-19-18)15-4-7-21(8-5-15)16-3-1-2-14(10-16)17-12-24-13-20-17/h1-3,10,12-13,15H,4-9,11H2,(H,19,23). The number of hydrogen-bond acceptors (Lipinski definition) is 5. The van der Waals surface area contributed by atoms with Crippen molar-refractivity contribution in [3.8, 4) is 11.3 Å². The van der Waals surface area contributed by atoms with Crippen LogP contribution in [0.1, 0.15) is 12.8 Å². The van der Waals surface area contributed by atoms with Gasteiger partial charge in [0.2, 0.25) is 5.91 Å². The van der Waals surface area contributed by atoms with Gasteiger partial charge >= 0.3 is 0 Å². The number of carbonyl (C=O) groups excluding carboxylic acids is 1. The van der Waals surface area contributed by atoms with Gasteiger partial charge < -0.3 is 10.2 Å². The molecular formula is C18H22N4OS. The van der Waals surface area contributed by atoms with E-state index < -0.39 is 0 Å². The summed E-state index contributed by atoms with van der Waals surface area (Å²) in [5, 5.41) is 5.00. The van der Waals surface area contributed by atoms with Crippen LogP contribution in [-0.2, 0) is 4.79 Å². The van der Waals surface area contributed by atoms with Crippen LogP contribution in [0.4, 0.5) is 5.69 Å². The van der Waals surface area contributed by atoms with E-state index in [0.717, 1.165) is 44.7 Å². The second-order valence-corrected chi connectivity index (χ2v) is 7.18. The lowest BCUT2D eigenvalue weighted by atomic mass is 10.0. The molecule has 24 heavy (non-hydrogen) atoms. The highest BCUT2D eigenvalue weighted by Gasteiger charge is 2.27. The Kier molecular flexibility index (Phi) is 4.49. The summed E-state index contributed by atoms with van der Waals surface area (Å²) >= 11 is 1.63. The van der Waals surface area contributed by atoms with Crippen LogP contribution in [0.5, 0.6) is 0 Å². The number of aromatic nitrogens is 1. The highest BCUT2D eigenvalue weighted by atomic mass is 32.1. The Balaban J connectivity index is 1.41. The third kappa shape index (κ3) is 3.30. The fourth-order valence-corrected chi connectivity index (χ4v) is 4.24. The van der Waals surface area contributed by atoms with Gasteiger partial charge in [0.15, 0.2) is 0 Å². The lowest BCUT2D eigenvalue weighted by molar-refractivity contribution is -0.125. The van der Waals surface area contributed by atoms with Gasteiger partial charge in [-0.05, 0) is 25.0 Å². The molecule has 0 saturated carbocycles. The van der Waals surface area contributed by atoms with Crippen molar-refractivity contribution in [1.82, 2.24) is 15.2 Å². The van der Waals surface area contributed by atoms with E-state index in [1.807, 2.05) is 5.51 Å². The summed E-state index contributed by atoms with van der Waals surface area (Å²) in [6.07, 6.45) is 2.24. The predicted molar refractivity (Wildman–Crippen MR) is 97.4 cm³/mol. The molecule has 6 heteroatoms. The molecule has 0 bridgehead atoms. The van der Waals surface area contributed by atoms with Crippen molar-refractivity contribution in [3.63, 3.8) is 0 Å². The number of thiazole rings is 1. The number of piperazine rings is 1. The number of carbonyl (C=O) groups is 1. The molecule has 0 spiro atoms. The maximum atomic E-state index is 11.6. The van der Waals surface area contributed by atoms with Crippen LogP contribution in [0.2, 0.25) is 0 Å². The van der Waals surface area contributed by atoms with Gasteiger partial charge in [0.25, 0.3) is 0 Å². The fraction of sp³-hybridized carbons (Fsp3) is 0.444. The van der Waals surface area contributed by atoms with E-state index in [1.54, 1.807) is 11.3 Å². The zero-order valence-corrected chi connectivity index (χ0v) is 14.5. The zero-order valence-electron chi connectivity index (χ0n) is 13.6. The lowest BCUT2D eigenvalue weighted by Gasteiger charge is -2.40. The van der Waals surface area contributed by atoms with E-state index in [0.29, 0.717) is 12.6 Å². The molecule has 0 atom stereocenters. The molecule has 1 aromatic carbocycles. The van der Waals surface area contributed by atoms with Crippen molar-refractivity contribution in [1.29, 1.82) is 0 Å². The first-order valence-electron chi connectivity index (χ1n) is 8.54. The Morgan fingerprint density at radius 2 is 2.08 bits per heavy atom. The summed E-state index contributed by atoms with van der Waals surface area (Å²) < 4.78 is 0. The normalized spacial score (nSPS) is 20.2. The minimum atomic E-state index is 0.166. The van der Waals surface area contributed by atoms with E-state index in [2.05, 4.69) is 49.7 Å². The topological polar surface area (TPSA) is 48.5 Å². The summed E-state index contributed by atoms with van der Waals surface area (Å²) in [4.78, 5) is 20.8. The molecule has 2 aliphatic heterocycles. The van der Waals surface area contributed by atoms with Gasteiger partial charge in [0.1, 0.15) is 0 Å². The molecule has 1 amide bonds. The minimum Gasteiger partial charge on any atom is -0.371 e. The van der Waals surface area contributed by atoms with Crippen LogP contribution in [0.25, 0.3) is 11.3 Å². The Labute approximate surface area is 146 Å². The number of benzene rings is 1. The number of amides is 1. The first-order valence-corrected chi connectivity index (χ1v) is 9.48. The molecule has 2 aliphatic rings. The first-order chi connectivity index (χ1) is 11.8. The van der Waals surface area contributed by atoms with Gasteiger partial charge in [0.05, 0.1) is 17.7 Å². The van der Waals surface area contributed by atoms with E-state index in [9.17, 15) is 4.79 Å². The van der Waals surface area contributed by atoms with Gasteiger partial charge in [-0.25, -0.2) is 4.98 Å². The summed E-state index contributed by atoms with van der Waals surface area (Å²) in [7, 11) is 0. The van der Waals surface area contributed by atoms with Crippen molar-refractivity contribution in [2.24, 2.45) is 0 Å². The van der Waals surface area contributed by atoms with Crippen molar-refractivity contribution >= 4 is 22.9 Å². The molecule has 0 radical (unpaired) electrons.